The number of nitrogens with zero attached hydrogens (tertiary/aromatic N) is 2. The van der Waals surface area contributed by atoms with E-state index < -0.39 is 51.9 Å². The molecular weight excluding hydrogens is 551 g/mol. The van der Waals surface area contributed by atoms with E-state index in [1.807, 2.05) is 4.90 Å². The van der Waals surface area contributed by atoms with Crippen molar-refractivity contribution in [3.63, 3.8) is 0 Å². The monoisotopic (exact) mass is 588 g/mol. The van der Waals surface area contributed by atoms with E-state index in [0.717, 1.165) is 6.07 Å². The molecule has 0 spiro atoms. The van der Waals surface area contributed by atoms with Gasteiger partial charge in [0.25, 0.3) is 0 Å². The van der Waals surface area contributed by atoms with Crippen LogP contribution in [0.15, 0.2) is 24.3 Å². The first kappa shape index (κ1) is 30.5. The van der Waals surface area contributed by atoms with Crippen molar-refractivity contribution in [2.45, 2.75) is 64.3 Å². The van der Waals surface area contributed by atoms with E-state index in [9.17, 15) is 17.2 Å². The first-order valence-electron chi connectivity index (χ1n) is 13.5. The Kier molecular flexibility index (Phi) is 9.01. The summed E-state index contributed by atoms with van der Waals surface area (Å²) in [6.45, 7) is 7.25. The number of anilines is 2. The molecule has 2 aromatic carbocycles. The average Bonchev–Trinajstić information content (AvgIpc) is 2.82. The van der Waals surface area contributed by atoms with Gasteiger partial charge in [-0.15, -0.1) is 0 Å². The molecule has 2 N–H and O–H groups in total. The summed E-state index contributed by atoms with van der Waals surface area (Å²) in [6, 6.07) is 3.23. The molecule has 1 fully saturated rings. The summed E-state index contributed by atoms with van der Waals surface area (Å²) in [5.74, 6) is -2.87. The van der Waals surface area contributed by atoms with Crippen molar-refractivity contribution in [3.05, 3.63) is 58.4 Å². The third-order valence-electron chi connectivity index (χ3n) is 7.43. The van der Waals surface area contributed by atoms with Gasteiger partial charge in [0.15, 0.2) is 0 Å². The van der Waals surface area contributed by atoms with Gasteiger partial charge in [-0.2, -0.15) is 0 Å². The number of benzene rings is 2. The third-order valence-corrected chi connectivity index (χ3v) is 8.72. The Balaban J connectivity index is 1.71. The van der Waals surface area contributed by atoms with Crippen LogP contribution in [0.5, 0.6) is 0 Å². The first-order valence-corrected chi connectivity index (χ1v) is 15.2. The fraction of sp³-hybridized carbons (Fsp3) is 0.571. The maximum Gasteiger partial charge on any atom is 0.232 e. The van der Waals surface area contributed by atoms with Crippen LogP contribution in [-0.4, -0.2) is 74.6 Å². The van der Waals surface area contributed by atoms with E-state index in [1.165, 1.54) is 39.0 Å². The lowest BCUT2D eigenvalue weighted by atomic mass is 9.83. The number of alkyl halides is 2. The number of hydrogen-bond acceptors (Lipinski definition) is 5. The largest absolute Gasteiger partial charge is 0.380 e. The predicted octanol–water partition coefficient (Wildman–Crippen LogP) is 5.41. The second-order valence-corrected chi connectivity index (χ2v) is 13.4. The summed E-state index contributed by atoms with van der Waals surface area (Å²) in [4.78, 5) is 3.67. The van der Waals surface area contributed by atoms with Gasteiger partial charge in [0.05, 0.1) is 30.2 Å². The highest BCUT2D eigenvalue weighted by atomic mass is 32.2. The van der Waals surface area contributed by atoms with Gasteiger partial charge in [-0.25, -0.2) is 26.0 Å². The van der Waals surface area contributed by atoms with Crippen molar-refractivity contribution in [3.8, 4) is 0 Å². The van der Waals surface area contributed by atoms with Crippen LogP contribution in [0.3, 0.4) is 0 Å². The normalized spacial score (nSPS) is 20.7. The number of sulfonamides is 1. The second kappa shape index (κ2) is 11.8. The maximum absolute atomic E-state index is 15.7. The lowest BCUT2D eigenvalue weighted by molar-refractivity contribution is 0.0651. The number of nitrogens with one attached hydrogen (secondary N) is 2. The Bertz CT molecular complexity index is 1310. The molecule has 12 heteroatoms. The van der Waals surface area contributed by atoms with Gasteiger partial charge >= 0.3 is 0 Å². The molecule has 0 aromatic heterocycles. The van der Waals surface area contributed by atoms with E-state index in [2.05, 4.69) is 10.0 Å². The minimum Gasteiger partial charge on any atom is -0.380 e. The lowest BCUT2D eigenvalue weighted by Gasteiger charge is -2.44. The smallest absolute Gasteiger partial charge is 0.232 e. The maximum atomic E-state index is 15.7. The van der Waals surface area contributed by atoms with Crippen LogP contribution in [0.25, 0.3) is 0 Å². The van der Waals surface area contributed by atoms with Crippen LogP contribution >= 0.6 is 0 Å². The molecule has 222 valence electrons. The Hall–Kier alpha value is -2.44. The standard InChI is InChI=1S/C28H37F5N4O2S/c1-5-40(38,39)35-25-10-18-9-17(2)37(16-28(3,4)33)27(21(18)13-22(25)30)26-23(31)11-19(12-24(26)32)34-20-14-36(15-20)8-6-7-29/h10-13,17,20,27,34-35H,5-9,14-16H2,1-4H3. The molecule has 0 amide bonds. The summed E-state index contributed by atoms with van der Waals surface area (Å²) in [6.07, 6.45) is 0.733. The lowest BCUT2D eigenvalue weighted by Crippen LogP contribution is -2.54. The molecule has 0 aliphatic carbocycles. The van der Waals surface area contributed by atoms with Crippen molar-refractivity contribution < 1.29 is 30.4 Å². The van der Waals surface area contributed by atoms with Crippen molar-refractivity contribution in [2.75, 3.05) is 48.6 Å². The second-order valence-electron chi connectivity index (χ2n) is 11.4. The van der Waals surface area contributed by atoms with Gasteiger partial charge in [-0.05, 0) is 75.9 Å². The zero-order valence-electron chi connectivity index (χ0n) is 23.2. The Morgan fingerprint density at radius 2 is 1.70 bits per heavy atom. The summed E-state index contributed by atoms with van der Waals surface area (Å²) in [5.41, 5.74) is -1.28. The Morgan fingerprint density at radius 3 is 2.27 bits per heavy atom. The van der Waals surface area contributed by atoms with E-state index in [4.69, 9.17) is 0 Å². The van der Waals surface area contributed by atoms with Crippen LogP contribution in [0.2, 0.25) is 0 Å². The zero-order valence-corrected chi connectivity index (χ0v) is 24.0. The molecule has 0 bridgehead atoms. The van der Waals surface area contributed by atoms with E-state index >= 15 is 13.2 Å². The molecule has 0 radical (unpaired) electrons. The molecule has 2 unspecified atom stereocenters. The number of halogens is 5. The topological polar surface area (TPSA) is 64.7 Å². The van der Waals surface area contributed by atoms with Crippen LogP contribution in [0.4, 0.5) is 33.3 Å². The molecule has 2 aromatic rings. The highest BCUT2D eigenvalue weighted by molar-refractivity contribution is 7.92. The van der Waals surface area contributed by atoms with Crippen LogP contribution < -0.4 is 10.0 Å². The van der Waals surface area contributed by atoms with Gasteiger partial charge in [0.2, 0.25) is 10.0 Å². The quantitative estimate of drug-likeness (QED) is 0.344. The van der Waals surface area contributed by atoms with E-state index in [1.54, 1.807) is 11.8 Å². The summed E-state index contributed by atoms with van der Waals surface area (Å²) in [5, 5.41) is 3.10. The van der Waals surface area contributed by atoms with Crippen LogP contribution in [0.1, 0.15) is 56.8 Å². The first-order chi connectivity index (χ1) is 18.7. The average molecular weight is 589 g/mol. The van der Waals surface area contributed by atoms with E-state index in [-0.39, 0.29) is 40.8 Å². The Labute approximate surface area is 233 Å². The highest BCUT2D eigenvalue weighted by Gasteiger charge is 2.40. The van der Waals surface area contributed by atoms with Gasteiger partial charge in [-0.1, -0.05) is 0 Å². The summed E-state index contributed by atoms with van der Waals surface area (Å²) < 4.78 is 100. The van der Waals surface area contributed by atoms with Gasteiger partial charge in [0, 0.05) is 43.5 Å². The predicted molar refractivity (Wildman–Crippen MR) is 147 cm³/mol. The molecule has 6 nitrogen and oxygen atoms in total. The van der Waals surface area contributed by atoms with E-state index in [0.29, 0.717) is 38.0 Å². The third kappa shape index (κ3) is 6.88. The summed E-state index contributed by atoms with van der Waals surface area (Å²) >= 11 is 0. The number of rotatable bonds is 11. The SMILES string of the molecule is CCS(=O)(=O)Nc1cc2c(cc1F)C(c1c(F)cc(NC3CN(CCCF)C3)cc1F)N(CC(C)(C)F)C(C)C2. The highest BCUT2D eigenvalue weighted by Crippen LogP contribution is 2.43. The molecule has 4 rings (SSSR count). The fourth-order valence-electron chi connectivity index (χ4n) is 5.55. The molecule has 1 saturated heterocycles. The molecule has 2 aliphatic heterocycles. The van der Waals surface area contributed by atoms with Crippen LogP contribution in [0, 0.1) is 17.5 Å². The van der Waals surface area contributed by atoms with Gasteiger partial charge in [-0.3, -0.25) is 18.9 Å². The number of hydrogen-bond donors (Lipinski definition) is 2. The van der Waals surface area contributed by atoms with Crippen molar-refractivity contribution >= 4 is 21.4 Å². The van der Waals surface area contributed by atoms with Gasteiger partial charge in [0.1, 0.15) is 23.1 Å². The molecule has 0 saturated carbocycles. The number of fused-ring (bicyclic) bond motifs is 1. The minimum absolute atomic E-state index is 0.0389. The zero-order chi connectivity index (χ0) is 29.4. The van der Waals surface area contributed by atoms with Crippen molar-refractivity contribution in [1.82, 2.24) is 9.80 Å². The van der Waals surface area contributed by atoms with Crippen molar-refractivity contribution in [1.29, 1.82) is 0 Å². The van der Waals surface area contributed by atoms with Crippen molar-refractivity contribution in [2.24, 2.45) is 0 Å². The molecular formula is C28H37F5N4O2S. The van der Waals surface area contributed by atoms with Gasteiger partial charge < -0.3 is 5.32 Å². The molecule has 2 atom stereocenters. The van der Waals surface area contributed by atoms with Crippen LogP contribution in [-0.2, 0) is 16.4 Å². The number of likely N-dealkylation sites (tertiary alicyclic amines) is 1. The Morgan fingerprint density at radius 1 is 1.05 bits per heavy atom. The fourth-order valence-corrected chi connectivity index (χ4v) is 6.18. The molecule has 2 heterocycles. The molecule has 2 aliphatic rings. The molecule has 40 heavy (non-hydrogen) atoms. The summed E-state index contributed by atoms with van der Waals surface area (Å²) in [7, 11) is -3.77. The minimum atomic E-state index is -3.77.